The minimum Gasteiger partial charge on any atom is -0.355 e. The van der Waals surface area contributed by atoms with Crippen LogP contribution in [0.2, 0.25) is 10.0 Å². The van der Waals surface area contributed by atoms with Crippen LogP contribution in [0.15, 0.2) is 36.4 Å². The molecule has 1 N–H and O–H groups in total. The van der Waals surface area contributed by atoms with E-state index in [0.717, 1.165) is 48.7 Å². The van der Waals surface area contributed by atoms with E-state index >= 15 is 0 Å². The zero-order valence-electron chi connectivity index (χ0n) is 20.2. The normalized spacial score (nSPS) is 13.8. The van der Waals surface area contributed by atoms with Crippen molar-refractivity contribution in [3.63, 3.8) is 0 Å². The molecule has 3 rings (SSSR count). The van der Waals surface area contributed by atoms with Crippen LogP contribution in [0.25, 0.3) is 0 Å². The molecule has 2 aromatic carbocycles. The summed E-state index contributed by atoms with van der Waals surface area (Å²) in [6.07, 6.45) is 4.97. The number of aryl methyl sites for hydroxylation is 2. The van der Waals surface area contributed by atoms with Gasteiger partial charge >= 0.3 is 0 Å². The van der Waals surface area contributed by atoms with E-state index in [0.29, 0.717) is 6.54 Å². The van der Waals surface area contributed by atoms with Gasteiger partial charge in [0, 0.05) is 34.5 Å². The lowest BCUT2D eigenvalue weighted by Crippen LogP contribution is -2.32. The maximum absolute atomic E-state index is 11.5. The molecule has 0 unspecified atom stereocenters. The first kappa shape index (κ1) is 26.2. The Kier molecular flexibility index (Phi) is 8.69. The second kappa shape index (κ2) is 10.9. The molecule has 0 aromatic heterocycles. The number of amides is 1. The summed E-state index contributed by atoms with van der Waals surface area (Å²) in [7, 11) is 0. The van der Waals surface area contributed by atoms with Gasteiger partial charge in [0.15, 0.2) is 0 Å². The summed E-state index contributed by atoms with van der Waals surface area (Å²) in [4.78, 5) is 14.0. The molecule has 1 amide bonds. The molecule has 0 aliphatic carbocycles. The smallest absolute Gasteiger partial charge is 0.229 e. The Labute approximate surface area is 214 Å². The van der Waals surface area contributed by atoms with Crippen molar-refractivity contribution in [2.75, 3.05) is 23.7 Å². The SMILES string of the molecule is CC(C)(CCNC(=O)CS)CC(C)(C)CCN1c2ccc(Cl)cc2CCc2cc(Cl)ccc21. The molecule has 0 atom stereocenters. The largest absolute Gasteiger partial charge is 0.355 e. The minimum absolute atomic E-state index is 0.00732. The number of halogens is 2. The highest BCUT2D eigenvalue weighted by atomic mass is 35.5. The van der Waals surface area contributed by atoms with Crippen LogP contribution in [-0.4, -0.2) is 24.7 Å². The minimum atomic E-state index is -0.00732. The Morgan fingerprint density at radius 3 is 1.97 bits per heavy atom. The van der Waals surface area contributed by atoms with E-state index in [2.05, 4.69) is 74.8 Å². The quantitative estimate of drug-likeness (QED) is 0.345. The van der Waals surface area contributed by atoms with Gasteiger partial charge in [-0.2, -0.15) is 12.6 Å². The lowest BCUT2D eigenvalue weighted by atomic mass is 9.72. The average molecular weight is 508 g/mol. The standard InChI is InChI=1S/C27H36Cl2N2OS/c1-26(2,11-13-30-25(32)17-33)18-27(3,4)12-14-31-23-9-7-21(28)15-19(23)5-6-20-16-22(29)8-10-24(20)31/h7-10,15-16,33H,5-6,11-14,17-18H2,1-4H3,(H,30,32). The molecule has 6 heteroatoms. The van der Waals surface area contributed by atoms with Crippen molar-refractivity contribution >= 4 is 53.1 Å². The highest BCUT2D eigenvalue weighted by Gasteiger charge is 2.30. The van der Waals surface area contributed by atoms with Gasteiger partial charge < -0.3 is 10.2 Å². The van der Waals surface area contributed by atoms with E-state index in [-0.39, 0.29) is 22.5 Å². The molecule has 1 aliphatic rings. The molecule has 0 spiro atoms. The number of fused-ring (bicyclic) bond motifs is 2. The van der Waals surface area contributed by atoms with Crippen molar-refractivity contribution in [1.29, 1.82) is 0 Å². The zero-order valence-corrected chi connectivity index (χ0v) is 22.6. The van der Waals surface area contributed by atoms with Crippen LogP contribution in [0.5, 0.6) is 0 Å². The molecule has 0 fully saturated rings. The van der Waals surface area contributed by atoms with E-state index in [1.165, 1.54) is 22.5 Å². The number of nitrogens with zero attached hydrogens (tertiary/aromatic N) is 1. The van der Waals surface area contributed by atoms with Gasteiger partial charge in [-0.3, -0.25) is 4.79 Å². The monoisotopic (exact) mass is 506 g/mol. The predicted molar refractivity (Wildman–Crippen MR) is 146 cm³/mol. The van der Waals surface area contributed by atoms with E-state index in [1.807, 2.05) is 12.1 Å². The lowest BCUT2D eigenvalue weighted by molar-refractivity contribution is -0.118. The van der Waals surface area contributed by atoms with Crippen molar-refractivity contribution in [2.45, 2.75) is 59.8 Å². The first-order chi connectivity index (χ1) is 15.5. The number of thiol groups is 1. The second-order valence-corrected chi connectivity index (χ2v) is 11.9. The van der Waals surface area contributed by atoms with Crippen molar-refractivity contribution in [1.82, 2.24) is 5.32 Å². The number of nitrogens with one attached hydrogen (secondary N) is 1. The third-order valence-electron chi connectivity index (χ3n) is 6.57. The molecule has 1 aliphatic heterocycles. The molecule has 0 saturated heterocycles. The van der Waals surface area contributed by atoms with Crippen LogP contribution in [-0.2, 0) is 17.6 Å². The number of anilines is 2. The van der Waals surface area contributed by atoms with Gasteiger partial charge in [-0.25, -0.2) is 0 Å². The fraction of sp³-hybridized carbons (Fsp3) is 0.519. The van der Waals surface area contributed by atoms with Crippen LogP contribution in [0.3, 0.4) is 0 Å². The van der Waals surface area contributed by atoms with Gasteiger partial charge in [0.1, 0.15) is 0 Å². The number of hydrogen-bond donors (Lipinski definition) is 2. The van der Waals surface area contributed by atoms with Crippen molar-refractivity contribution < 1.29 is 4.79 Å². The summed E-state index contributed by atoms with van der Waals surface area (Å²) in [6.45, 7) is 10.9. The summed E-state index contributed by atoms with van der Waals surface area (Å²) < 4.78 is 0. The maximum Gasteiger partial charge on any atom is 0.229 e. The van der Waals surface area contributed by atoms with Gasteiger partial charge in [0.05, 0.1) is 5.75 Å². The number of carbonyl (C=O) groups excluding carboxylic acids is 1. The van der Waals surface area contributed by atoms with Crippen LogP contribution in [0, 0.1) is 10.8 Å². The molecule has 0 radical (unpaired) electrons. The summed E-state index contributed by atoms with van der Waals surface area (Å²) in [5.41, 5.74) is 5.32. The van der Waals surface area contributed by atoms with E-state index in [1.54, 1.807) is 0 Å². The van der Waals surface area contributed by atoms with Gasteiger partial charge in [0.2, 0.25) is 5.91 Å². The van der Waals surface area contributed by atoms with Gasteiger partial charge in [-0.15, -0.1) is 0 Å². The molecule has 1 heterocycles. The number of rotatable bonds is 9. The Hall–Kier alpha value is -1.36. The molecule has 0 saturated carbocycles. The molecular weight excluding hydrogens is 471 g/mol. The number of hydrogen-bond acceptors (Lipinski definition) is 3. The van der Waals surface area contributed by atoms with Crippen LogP contribution in [0.1, 0.15) is 58.1 Å². The lowest BCUT2D eigenvalue weighted by Gasteiger charge is -2.37. The van der Waals surface area contributed by atoms with Crippen LogP contribution >= 0.6 is 35.8 Å². The second-order valence-electron chi connectivity index (χ2n) is 10.7. The summed E-state index contributed by atoms with van der Waals surface area (Å²) in [6, 6.07) is 12.5. The molecule has 2 aromatic rings. The molecule has 0 bridgehead atoms. The third kappa shape index (κ3) is 7.31. The predicted octanol–water partition coefficient (Wildman–Crippen LogP) is 7.50. The summed E-state index contributed by atoms with van der Waals surface area (Å²) >= 11 is 16.7. The van der Waals surface area contributed by atoms with E-state index < -0.39 is 0 Å². The first-order valence-electron chi connectivity index (χ1n) is 11.7. The highest BCUT2D eigenvalue weighted by Crippen LogP contribution is 2.42. The highest BCUT2D eigenvalue weighted by molar-refractivity contribution is 7.81. The van der Waals surface area contributed by atoms with Crippen molar-refractivity contribution in [2.24, 2.45) is 10.8 Å². The van der Waals surface area contributed by atoms with Crippen molar-refractivity contribution in [3.05, 3.63) is 57.6 Å². The fourth-order valence-corrected chi connectivity index (χ4v) is 5.66. The number of benzene rings is 2. The van der Waals surface area contributed by atoms with E-state index in [4.69, 9.17) is 23.2 Å². The first-order valence-corrected chi connectivity index (χ1v) is 13.1. The summed E-state index contributed by atoms with van der Waals surface area (Å²) in [5.74, 6) is 0.230. The topological polar surface area (TPSA) is 32.3 Å². The fourth-order valence-electron chi connectivity index (χ4n) is 5.16. The Morgan fingerprint density at radius 1 is 0.939 bits per heavy atom. The third-order valence-corrected chi connectivity index (χ3v) is 7.32. The maximum atomic E-state index is 11.5. The molecule has 3 nitrogen and oxygen atoms in total. The van der Waals surface area contributed by atoms with Gasteiger partial charge in [0.25, 0.3) is 0 Å². The average Bonchev–Trinajstić information content (AvgIpc) is 2.87. The Bertz CT molecular complexity index is 937. The zero-order chi connectivity index (χ0) is 24.2. The van der Waals surface area contributed by atoms with E-state index in [9.17, 15) is 4.79 Å². The number of carbonyl (C=O) groups is 1. The molecule has 180 valence electrons. The Balaban J connectivity index is 1.76. The van der Waals surface area contributed by atoms with Gasteiger partial charge in [-0.05, 0) is 90.5 Å². The summed E-state index contributed by atoms with van der Waals surface area (Å²) in [5, 5.41) is 4.52. The van der Waals surface area contributed by atoms with Crippen LogP contribution in [0.4, 0.5) is 11.4 Å². The molecule has 33 heavy (non-hydrogen) atoms. The van der Waals surface area contributed by atoms with Gasteiger partial charge in [-0.1, -0.05) is 50.9 Å². The Morgan fingerprint density at radius 2 is 1.45 bits per heavy atom. The van der Waals surface area contributed by atoms with Crippen LogP contribution < -0.4 is 10.2 Å². The molecular formula is C27H36Cl2N2OS. The van der Waals surface area contributed by atoms with Crippen molar-refractivity contribution in [3.8, 4) is 0 Å².